The second-order valence-corrected chi connectivity index (χ2v) is 4.11. The fourth-order valence-electron chi connectivity index (χ4n) is 2.22. The van der Waals surface area contributed by atoms with Gasteiger partial charge in [0.1, 0.15) is 0 Å². The third kappa shape index (κ3) is 1.75. The minimum absolute atomic E-state index is 0.391. The van der Waals surface area contributed by atoms with Gasteiger partial charge in [-0.1, -0.05) is 36.2 Å². The summed E-state index contributed by atoms with van der Waals surface area (Å²) in [5.74, 6) is 0.612. The fourth-order valence-corrected chi connectivity index (χ4v) is 2.22. The third-order valence-electron chi connectivity index (χ3n) is 3.07. The van der Waals surface area contributed by atoms with E-state index in [2.05, 4.69) is 31.2 Å². The van der Waals surface area contributed by atoms with Gasteiger partial charge in [0, 0.05) is 6.04 Å². The number of hydrogen-bond acceptors (Lipinski definition) is 1. The second-order valence-electron chi connectivity index (χ2n) is 4.11. The van der Waals surface area contributed by atoms with E-state index in [1.54, 1.807) is 0 Å². The van der Waals surface area contributed by atoms with Gasteiger partial charge in [0.05, 0.1) is 0 Å². The van der Waals surface area contributed by atoms with Crippen molar-refractivity contribution < 1.29 is 0 Å². The molecule has 70 valence electrons. The molecule has 13 heavy (non-hydrogen) atoms. The van der Waals surface area contributed by atoms with Crippen LogP contribution in [0.5, 0.6) is 0 Å². The zero-order chi connectivity index (χ0) is 9.26. The maximum atomic E-state index is 6.05. The molecule has 1 heteroatoms. The Morgan fingerprint density at radius 2 is 1.85 bits per heavy atom. The van der Waals surface area contributed by atoms with Crippen LogP contribution in [-0.2, 0) is 0 Å². The predicted octanol–water partition coefficient (Wildman–Crippen LogP) is 2.59. The van der Waals surface area contributed by atoms with Gasteiger partial charge in [-0.05, 0) is 31.2 Å². The highest BCUT2D eigenvalue weighted by molar-refractivity contribution is 5.26. The SMILES string of the molecule is Cc1ccc([C@@H]2CCC[C@@H]2N)cc1. The standard InChI is InChI=1S/C12H17N/c1-9-5-7-10(8-6-9)11-3-2-4-12(11)13/h5-8,11-12H,2-4,13H2,1H3/t11-,12-/m0/s1. The first-order valence-electron chi connectivity index (χ1n) is 5.09. The summed E-state index contributed by atoms with van der Waals surface area (Å²) in [6.07, 6.45) is 3.75. The van der Waals surface area contributed by atoms with Crippen molar-refractivity contribution in [2.45, 2.75) is 38.1 Å². The molecule has 2 rings (SSSR count). The molecule has 1 fully saturated rings. The third-order valence-corrected chi connectivity index (χ3v) is 3.07. The van der Waals surface area contributed by atoms with Gasteiger partial charge in [0.2, 0.25) is 0 Å². The molecule has 0 aliphatic heterocycles. The number of hydrogen-bond donors (Lipinski definition) is 1. The Bertz CT molecular complexity index is 276. The van der Waals surface area contributed by atoms with E-state index >= 15 is 0 Å². The van der Waals surface area contributed by atoms with Crippen molar-refractivity contribution in [3.63, 3.8) is 0 Å². The van der Waals surface area contributed by atoms with Crippen LogP contribution in [0, 0.1) is 6.92 Å². The van der Waals surface area contributed by atoms with Crippen molar-refractivity contribution in [3.8, 4) is 0 Å². The Kier molecular flexibility index (Phi) is 2.36. The molecule has 0 spiro atoms. The smallest absolute Gasteiger partial charge is 0.0108 e. The van der Waals surface area contributed by atoms with Crippen LogP contribution < -0.4 is 5.73 Å². The minimum Gasteiger partial charge on any atom is -0.327 e. The summed E-state index contributed by atoms with van der Waals surface area (Å²) in [5.41, 5.74) is 8.80. The summed E-state index contributed by atoms with van der Waals surface area (Å²) in [5, 5.41) is 0. The number of benzene rings is 1. The zero-order valence-corrected chi connectivity index (χ0v) is 8.16. The second kappa shape index (κ2) is 3.51. The maximum absolute atomic E-state index is 6.05. The lowest BCUT2D eigenvalue weighted by atomic mass is 9.94. The van der Waals surface area contributed by atoms with Gasteiger partial charge in [-0.25, -0.2) is 0 Å². The molecule has 1 aliphatic carbocycles. The van der Waals surface area contributed by atoms with E-state index in [1.807, 2.05) is 0 Å². The molecule has 0 bridgehead atoms. The van der Waals surface area contributed by atoms with Gasteiger partial charge in [-0.2, -0.15) is 0 Å². The molecule has 1 aromatic carbocycles. The van der Waals surface area contributed by atoms with Crippen LogP contribution in [0.2, 0.25) is 0 Å². The monoisotopic (exact) mass is 175 g/mol. The van der Waals surface area contributed by atoms with Crippen molar-refractivity contribution in [3.05, 3.63) is 35.4 Å². The summed E-state index contributed by atoms with van der Waals surface area (Å²) in [4.78, 5) is 0. The van der Waals surface area contributed by atoms with Gasteiger partial charge in [-0.15, -0.1) is 0 Å². The molecule has 0 amide bonds. The Morgan fingerprint density at radius 1 is 1.15 bits per heavy atom. The number of rotatable bonds is 1. The molecule has 1 nitrogen and oxygen atoms in total. The van der Waals surface area contributed by atoms with E-state index in [0.717, 1.165) is 0 Å². The summed E-state index contributed by atoms with van der Waals surface area (Å²) in [7, 11) is 0. The Hall–Kier alpha value is -0.820. The van der Waals surface area contributed by atoms with Crippen LogP contribution in [0.15, 0.2) is 24.3 Å². The highest BCUT2D eigenvalue weighted by Gasteiger charge is 2.24. The van der Waals surface area contributed by atoms with Crippen LogP contribution in [0.25, 0.3) is 0 Å². The van der Waals surface area contributed by atoms with Crippen LogP contribution in [0.4, 0.5) is 0 Å². The van der Waals surface area contributed by atoms with E-state index in [0.29, 0.717) is 12.0 Å². The Morgan fingerprint density at radius 3 is 2.38 bits per heavy atom. The van der Waals surface area contributed by atoms with Crippen LogP contribution in [0.1, 0.15) is 36.3 Å². The summed E-state index contributed by atoms with van der Waals surface area (Å²) >= 11 is 0. The molecule has 0 radical (unpaired) electrons. The largest absolute Gasteiger partial charge is 0.327 e. The van der Waals surface area contributed by atoms with E-state index in [1.165, 1.54) is 30.4 Å². The lowest BCUT2D eigenvalue weighted by Gasteiger charge is -2.15. The van der Waals surface area contributed by atoms with E-state index in [-0.39, 0.29) is 0 Å². The van der Waals surface area contributed by atoms with Gasteiger partial charge in [0.15, 0.2) is 0 Å². The van der Waals surface area contributed by atoms with Crippen molar-refractivity contribution in [2.24, 2.45) is 5.73 Å². The molecule has 1 aromatic rings. The number of nitrogens with two attached hydrogens (primary N) is 1. The van der Waals surface area contributed by atoms with Gasteiger partial charge in [-0.3, -0.25) is 0 Å². The highest BCUT2D eigenvalue weighted by Crippen LogP contribution is 2.33. The predicted molar refractivity (Wildman–Crippen MR) is 55.7 cm³/mol. The zero-order valence-electron chi connectivity index (χ0n) is 8.16. The topological polar surface area (TPSA) is 26.0 Å². The average Bonchev–Trinajstić information content (AvgIpc) is 2.53. The van der Waals surface area contributed by atoms with E-state index < -0.39 is 0 Å². The normalized spacial score (nSPS) is 27.8. The minimum atomic E-state index is 0.391. The van der Waals surface area contributed by atoms with Crippen LogP contribution >= 0.6 is 0 Å². The van der Waals surface area contributed by atoms with E-state index in [4.69, 9.17) is 5.73 Å². The first-order valence-corrected chi connectivity index (χ1v) is 5.09. The Balaban J connectivity index is 2.20. The average molecular weight is 175 g/mol. The summed E-state index contributed by atoms with van der Waals surface area (Å²) < 4.78 is 0. The lowest BCUT2D eigenvalue weighted by molar-refractivity contribution is 0.613. The molecular weight excluding hydrogens is 158 g/mol. The van der Waals surface area contributed by atoms with Gasteiger partial charge < -0.3 is 5.73 Å². The maximum Gasteiger partial charge on any atom is 0.0108 e. The molecule has 2 atom stereocenters. The lowest BCUT2D eigenvalue weighted by Crippen LogP contribution is -2.22. The Labute approximate surface area is 80.0 Å². The van der Waals surface area contributed by atoms with Crippen LogP contribution in [0.3, 0.4) is 0 Å². The first kappa shape index (κ1) is 8.76. The molecule has 0 saturated heterocycles. The van der Waals surface area contributed by atoms with Crippen molar-refractivity contribution >= 4 is 0 Å². The summed E-state index contributed by atoms with van der Waals surface area (Å²) in [6.45, 7) is 2.12. The van der Waals surface area contributed by atoms with Crippen molar-refractivity contribution in [1.82, 2.24) is 0 Å². The fraction of sp³-hybridized carbons (Fsp3) is 0.500. The quantitative estimate of drug-likeness (QED) is 0.697. The van der Waals surface area contributed by atoms with Crippen LogP contribution in [-0.4, -0.2) is 6.04 Å². The molecule has 0 unspecified atom stereocenters. The van der Waals surface area contributed by atoms with Crippen molar-refractivity contribution in [2.75, 3.05) is 0 Å². The molecule has 1 saturated carbocycles. The molecule has 1 aliphatic rings. The molecule has 2 N–H and O–H groups in total. The van der Waals surface area contributed by atoms with Gasteiger partial charge >= 0.3 is 0 Å². The molecular formula is C12H17N. The first-order chi connectivity index (χ1) is 6.27. The molecule has 0 heterocycles. The van der Waals surface area contributed by atoms with Gasteiger partial charge in [0.25, 0.3) is 0 Å². The van der Waals surface area contributed by atoms with Crippen molar-refractivity contribution in [1.29, 1.82) is 0 Å². The highest BCUT2D eigenvalue weighted by atomic mass is 14.7. The summed E-state index contributed by atoms with van der Waals surface area (Å²) in [6, 6.07) is 9.21. The molecule has 0 aromatic heterocycles. The van der Waals surface area contributed by atoms with E-state index in [9.17, 15) is 0 Å². The number of aryl methyl sites for hydroxylation is 1.